The first-order chi connectivity index (χ1) is 13.5. The van der Waals surface area contributed by atoms with E-state index in [1.165, 1.54) is 5.56 Å². The van der Waals surface area contributed by atoms with Crippen LogP contribution in [-0.4, -0.2) is 54.6 Å². The van der Waals surface area contributed by atoms with Gasteiger partial charge in [0.2, 0.25) is 5.91 Å². The molecule has 8 nitrogen and oxygen atoms in total. The number of carbonyl (C=O) groups is 3. The lowest BCUT2D eigenvalue weighted by Gasteiger charge is -2.36. The maximum absolute atomic E-state index is 13.1. The lowest BCUT2D eigenvalue weighted by atomic mass is 9.96. The Morgan fingerprint density at radius 2 is 1.96 bits per heavy atom. The Balaban J connectivity index is 1.63. The van der Waals surface area contributed by atoms with Crippen LogP contribution in [0.3, 0.4) is 0 Å². The van der Waals surface area contributed by atoms with Crippen molar-refractivity contribution in [3.8, 4) is 0 Å². The molecule has 1 fully saturated rings. The summed E-state index contributed by atoms with van der Waals surface area (Å²) in [5.74, 6) is -0.330. The van der Waals surface area contributed by atoms with Crippen LogP contribution >= 0.6 is 0 Å². The summed E-state index contributed by atoms with van der Waals surface area (Å²) in [4.78, 5) is 40.7. The molecule has 0 bridgehead atoms. The molecule has 2 N–H and O–H groups in total. The van der Waals surface area contributed by atoms with Gasteiger partial charge in [-0.1, -0.05) is 18.2 Å². The Hall–Kier alpha value is -2.61. The summed E-state index contributed by atoms with van der Waals surface area (Å²) in [5.41, 5.74) is 6.77. The number of carbonyl (C=O) groups excluding carboxylic acids is 3. The summed E-state index contributed by atoms with van der Waals surface area (Å²) in [5, 5.41) is 0. The van der Waals surface area contributed by atoms with Crippen molar-refractivity contribution in [3.05, 3.63) is 29.8 Å². The molecule has 1 aromatic rings. The standard InChI is InChI=1S/C20H28N4O4/c1-3-28-20(27)22-21-19(26)17-9-6-12-23(17)13-18(25)24-14(2)10-11-15-7-4-5-8-16(15)24/h4-5,7-8,14,17H,3,6,9-13H2,1-2H3,(H,21,26)(H,22,27)/t14-,17+/m0/s1. The van der Waals surface area contributed by atoms with Gasteiger partial charge in [0.05, 0.1) is 19.2 Å². The highest BCUT2D eigenvalue weighted by molar-refractivity contribution is 5.97. The maximum atomic E-state index is 13.1. The molecule has 0 saturated carbocycles. The normalized spacial score (nSPS) is 21.7. The fourth-order valence-electron chi connectivity index (χ4n) is 3.99. The zero-order valence-electron chi connectivity index (χ0n) is 16.4. The molecular weight excluding hydrogens is 360 g/mol. The van der Waals surface area contributed by atoms with E-state index in [1.807, 2.05) is 28.0 Å². The second-order valence-corrected chi connectivity index (χ2v) is 7.24. The van der Waals surface area contributed by atoms with E-state index in [9.17, 15) is 14.4 Å². The molecule has 152 valence electrons. The molecule has 2 aliphatic heterocycles. The van der Waals surface area contributed by atoms with Crippen molar-refractivity contribution < 1.29 is 19.1 Å². The van der Waals surface area contributed by atoms with Gasteiger partial charge in [0.15, 0.2) is 0 Å². The molecule has 8 heteroatoms. The molecule has 1 saturated heterocycles. The van der Waals surface area contributed by atoms with Gasteiger partial charge < -0.3 is 9.64 Å². The summed E-state index contributed by atoms with van der Waals surface area (Å²) in [6.07, 6.45) is 2.67. The van der Waals surface area contributed by atoms with Crippen LogP contribution in [-0.2, 0) is 20.7 Å². The van der Waals surface area contributed by atoms with Gasteiger partial charge in [0.1, 0.15) is 0 Å². The summed E-state index contributed by atoms with van der Waals surface area (Å²) in [6, 6.07) is 7.68. The van der Waals surface area contributed by atoms with Crippen molar-refractivity contribution in [3.63, 3.8) is 0 Å². The van der Waals surface area contributed by atoms with E-state index in [0.717, 1.165) is 24.9 Å². The first kappa shape index (κ1) is 20.1. The minimum atomic E-state index is -0.699. The number of likely N-dealkylation sites (tertiary alicyclic amines) is 1. The van der Waals surface area contributed by atoms with Gasteiger partial charge in [0.25, 0.3) is 5.91 Å². The van der Waals surface area contributed by atoms with Crippen molar-refractivity contribution in [2.75, 3.05) is 24.6 Å². The molecule has 0 radical (unpaired) electrons. The molecule has 3 rings (SSSR count). The van der Waals surface area contributed by atoms with Crippen LogP contribution in [0.25, 0.3) is 0 Å². The molecule has 2 atom stereocenters. The van der Waals surface area contributed by atoms with Crippen molar-refractivity contribution in [2.45, 2.75) is 51.6 Å². The summed E-state index contributed by atoms with van der Waals surface area (Å²) >= 11 is 0. The number of para-hydroxylation sites is 1. The topological polar surface area (TPSA) is 91.0 Å². The van der Waals surface area contributed by atoms with Crippen molar-refractivity contribution in [2.24, 2.45) is 0 Å². The first-order valence-electron chi connectivity index (χ1n) is 9.88. The van der Waals surface area contributed by atoms with Gasteiger partial charge in [-0.25, -0.2) is 10.2 Å². The number of benzene rings is 1. The van der Waals surface area contributed by atoms with Gasteiger partial charge in [0, 0.05) is 11.7 Å². The average molecular weight is 388 g/mol. The Morgan fingerprint density at radius 1 is 1.18 bits per heavy atom. The molecule has 0 aliphatic carbocycles. The van der Waals surface area contributed by atoms with Gasteiger partial charge in [-0.3, -0.25) is 19.9 Å². The van der Waals surface area contributed by atoms with Crippen LogP contribution in [0, 0.1) is 0 Å². The van der Waals surface area contributed by atoms with Gasteiger partial charge in [-0.15, -0.1) is 0 Å². The lowest BCUT2D eigenvalue weighted by Crippen LogP contribution is -2.53. The minimum Gasteiger partial charge on any atom is -0.449 e. The SMILES string of the molecule is CCOC(=O)NNC(=O)[C@H]1CCCN1CC(=O)N1c2ccccc2CC[C@@H]1C. The Morgan fingerprint density at radius 3 is 2.75 bits per heavy atom. The van der Waals surface area contributed by atoms with Crippen LogP contribution < -0.4 is 15.8 Å². The molecule has 28 heavy (non-hydrogen) atoms. The van der Waals surface area contributed by atoms with Crippen LogP contribution in [0.1, 0.15) is 38.7 Å². The molecule has 0 spiro atoms. The fraction of sp³-hybridized carbons (Fsp3) is 0.550. The smallest absolute Gasteiger partial charge is 0.426 e. The number of fused-ring (bicyclic) bond motifs is 1. The number of nitrogens with zero attached hydrogens (tertiary/aromatic N) is 2. The molecule has 3 amide bonds. The lowest BCUT2D eigenvalue weighted by molar-refractivity contribution is -0.127. The Labute approximate surface area is 165 Å². The summed E-state index contributed by atoms with van der Waals surface area (Å²) in [6.45, 7) is 4.82. The zero-order valence-corrected chi connectivity index (χ0v) is 16.4. The van der Waals surface area contributed by atoms with Crippen LogP contribution in [0.15, 0.2) is 24.3 Å². The third-order valence-electron chi connectivity index (χ3n) is 5.36. The summed E-state index contributed by atoms with van der Waals surface area (Å²) < 4.78 is 4.73. The monoisotopic (exact) mass is 388 g/mol. The fourth-order valence-corrected chi connectivity index (χ4v) is 3.99. The Kier molecular flexibility index (Phi) is 6.51. The Bertz CT molecular complexity index is 739. The highest BCUT2D eigenvalue weighted by Gasteiger charge is 2.35. The van der Waals surface area contributed by atoms with Crippen LogP contribution in [0.2, 0.25) is 0 Å². The molecule has 1 aromatic carbocycles. The predicted octanol–water partition coefficient (Wildman–Crippen LogP) is 1.60. The van der Waals surface area contributed by atoms with Gasteiger partial charge in [-0.05, 0) is 57.7 Å². The van der Waals surface area contributed by atoms with Crippen molar-refractivity contribution >= 4 is 23.6 Å². The number of amides is 3. The second kappa shape index (κ2) is 9.05. The second-order valence-electron chi connectivity index (χ2n) is 7.24. The van der Waals surface area contributed by atoms with Crippen LogP contribution in [0.4, 0.5) is 10.5 Å². The van der Waals surface area contributed by atoms with E-state index >= 15 is 0 Å². The number of nitrogens with one attached hydrogen (secondary N) is 2. The molecule has 2 heterocycles. The molecule has 0 aromatic heterocycles. The van der Waals surface area contributed by atoms with Crippen molar-refractivity contribution in [1.29, 1.82) is 0 Å². The molecule has 2 aliphatic rings. The highest BCUT2D eigenvalue weighted by Crippen LogP contribution is 2.31. The number of ether oxygens (including phenoxy) is 1. The molecule has 0 unspecified atom stereocenters. The molecular formula is C20H28N4O4. The average Bonchev–Trinajstić information content (AvgIpc) is 3.14. The number of rotatable bonds is 4. The van der Waals surface area contributed by atoms with E-state index in [0.29, 0.717) is 13.0 Å². The first-order valence-corrected chi connectivity index (χ1v) is 9.88. The van der Waals surface area contributed by atoms with Crippen LogP contribution in [0.5, 0.6) is 0 Å². The van der Waals surface area contributed by atoms with E-state index in [-0.39, 0.29) is 31.0 Å². The van der Waals surface area contributed by atoms with Gasteiger partial charge >= 0.3 is 6.09 Å². The largest absolute Gasteiger partial charge is 0.449 e. The van der Waals surface area contributed by atoms with E-state index in [1.54, 1.807) is 6.92 Å². The van der Waals surface area contributed by atoms with E-state index < -0.39 is 12.1 Å². The van der Waals surface area contributed by atoms with Gasteiger partial charge in [-0.2, -0.15) is 0 Å². The number of hydrazine groups is 1. The number of aryl methyl sites for hydroxylation is 1. The number of hydrogen-bond acceptors (Lipinski definition) is 5. The number of hydrogen-bond donors (Lipinski definition) is 2. The maximum Gasteiger partial charge on any atom is 0.426 e. The quantitative estimate of drug-likeness (QED) is 0.765. The highest BCUT2D eigenvalue weighted by atomic mass is 16.6. The van der Waals surface area contributed by atoms with E-state index in [2.05, 4.69) is 23.8 Å². The summed E-state index contributed by atoms with van der Waals surface area (Å²) in [7, 11) is 0. The third-order valence-corrected chi connectivity index (χ3v) is 5.36. The zero-order chi connectivity index (χ0) is 20.1. The predicted molar refractivity (Wildman–Crippen MR) is 105 cm³/mol. The van der Waals surface area contributed by atoms with Crippen molar-refractivity contribution in [1.82, 2.24) is 15.8 Å². The third kappa shape index (κ3) is 4.44. The van der Waals surface area contributed by atoms with E-state index in [4.69, 9.17) is 4.74 Å². The number of anilines is 1. The minimum absolute atomic E-state index is 0.00213.